The number of hydrogen-bond acceptors (Lipinski definition) is 2. The highest BCUT2D eigenvalue weighted by Crippen LogP contribution is 2.44. The third-order valence-electron chi connectivity index (χ3n) is 4.26. The van der Waals surface area contributed by atoms with Crippen LogP contribution in [0.2, 0.25) is 0 Å². The molecule has 3 heteroatoms. The Kier molecular flexibility index (Phi) is 4.25. The maximum absolute atomic E-state index is 12.6. The van der Waals surface area contributed by atoms with Crippen molar-refractivity contribution in [2.24, 2.45) is 0 Å². The lowest BCUT2D eigenvalue weighted by Gasteiger charge is -2.41. The third-order valence-corrected chi connectivity index (χ3v) is 4.26. The van der Waals surface area contributed by atoms with Gasteiger partial charge in [0.1, 0.15) is 0 Å². The van der Waals surface area contributed by atoms with Crippen molar-refractivity contribution in [1.82, 2.24) is 5.32 Å². The Bertz CT molecular complexity index is 448. The fourth-order valence-corrected chi connectivity index (χ4v) is 2.72. The molecule has 104 valence electrons. The topological polar surface area (TPSA) is 49.3 Å². The minimum absolute atomic E-state index is 0.00609. The lowest BCUT2D eigenvalue weighted by Crippen LogP contribution is -2.52. The van der Waals surface area contributed by atoms with Crippen LogP contribution in [0.3, 0.4) is 0 Å². The molecule has 2 N–H and O–H groups in total. The predicted molar refractivity (Wildman–Crippen MR) is 76.0 cm³/mol. The molecule has 1 aromatic carbocycles. The molecule has 0 spiro atoms. The zero-order valence-electron chi connectivity index (χ0n) is 11.8. The molecule has 0 saturated heterocycles. The van der Waals surface area contributed by atoms with E-state index in [1.54, 1.807) is 0 Å². The van der Waals surface area contributed by atoms with Gasteiger partial charge in [-0.15, -0.1) is 0 Å². The Hall–Kier alpha value is -1.35. The van der Waals surface area contributed by atoms with Crippen LogP contribution < -0.4 is 5.32 Å². The number of aliphatic hydroxyl groups excluding tert-OH is 1. The van der Waals surface area contributed by atoms with Crippen LogP contribution in [0, 0.1) is 6.92 Å². The van der Waals surface area contributed by atoms with Gasteiger partial charge in [-0.25, -0.2) is 0 Å². The van der Waals surface area contributed by atoms with Crippen LogP contribution in [0.1, 0.15) is 43.7 Å². The molecule has 1 unspecified atom stereocenters. The number of carbonyl (C=O) groups excluding carboxylic acids is 1. The van der Waals surface area contributed by atoms with Gasteiger partial charge >= 0.3 is 0 Å². The summed E-state index contributed by atoms with van der Waals surface area (Å²) in [6.45, 7) is 4.03. The average molecular weight is 261 g/mol. The van der Waals surface area contributed by atoms with Gasteiger partial charge in [0.15, 0.2) is 0 Å². The van der Waals surface area contributed by atoms with Crippen LogP contribution in [-0.2, 0) is 10.2 Å². The first-order valence-electron chi connectivity index (χ1n) is 7.11. The minimum Gasteiger partial charge on any atom is -0.394 e. The van der Waals surface area contributed by atoms with Gasteiger partial charge in [0.05, 0.1) is 18.1 Å². The number of rotatable bonds is 5. The monoisotopic (exact) mass is 261 g/mol. The van der Waals surface area contributed by atoms with E-state index in [4.69, 9.17) is 0 Å². The van der Waals surface area contributed by atoms with Crippen LogP contribution >= 0.6 is 0 Å². The molecule has 0 aliphatic heterocycles. The average Bonchev–Trinajstić information content (AvgIpc) is 2.34. The van der Waals surface area contributed by atoms with E-state index in [1.807, 2.05) is 19.1 Å². The van der Waals surface area contributed by atoms with E-state index < -0.39 is 0 Å². The van der Waals surface area contributed by atoms with Crippen molar-refractivity contribution in [3.05, 3.63) is 35.4 Å². The highest BCUT2D eigenvalue weighted by molar-refractivity contribution is 5.89. The summed E-state index contributed by atoms with van der Waals surface area (Å²) in [5, 5.41) is 12.2. The van der Waals surface area contributed by atoms with Crippen molar-refractivity contribution in [1.29, 1.82) is 0 Å². The quantitative estimate of drug-likeness (QED) is 0.854. The van der Waals surface area contributed by atoms with E-state index in [2.05, 4.69) is 24.4 Å². The summed E-state index contributed by atoms with van der Waals surface area (Å²) < 4.78 is 0. The van der Waals surface area contributed by atoms with E-state index in [1.165, 1.54) is 5.56 Å². The molecule has 1 fully saturated rings. The number of aliphatic hydroxyl groups is 1. The standard InChI is InChI=1S/C16H23NO2/c1-3-14(11-18)17-15(19)16(8-5-9-16)13-7-4-6-12(2)10-13/h4,6-7,10,14,18H,3,5,8-9,11H2,1-2H3,(H,17,19). The SMILES string of the molecule is CCC(CO)NC(=O)C1(c2cccc(C)c2)CCC1. The number of carbonyl (C=O) groups is 1. The zero-order valence-corrected chi connectivity index (χ0v) is 11.8. The molecule has 3 nitrogen and oxygen atoms in total. The second-order valence-corrected chi connectivity index (χ2v) is 5.57. The first-order chi connectivity index (χ1) is 9.12. The van der Waals surface area contributed by atoms with Crippen molar-refractivity contribution in [2.45, 2.75) is 51.0 Å². The Morgan fingerprint density at radius 1 is 1.47 bits per heavy atom. The van der Waals surface area contributed by atoms with Gasteiger partial charge in [-0.1, -0.05) is 43.2 Å². The smallest absolute Gasteiger partial charge is 0.230 e. The molecule has 1 saturated carbocycles. The highest BCUT2D eigenvalue weighted by atomic mass is 16.3. The highest BCUT2D eigenvalue weighted by Gasteiger charge is 2.45. The van der Waals surface area contributed by atoms with Crippen LogP contribution in [-0.4, -0.2) is 23.7 Å². The fourth-order valence-electron chi connectivity index (χ4n) is 2.72. The summed E-state index contributed by atoms with van der Waals surface area (Å²) in [6.07, 6.45) is 3.66. The molecule has 1 amide bonds. The van der Waals surface area contributed by atoms with Gasteiger partial charge in [-0.2, -0.15) is 0 Å². The Balaban J connectivity index is 2.20. The number of benzene rings is 1. The van der Waals surface area contributed by atoms with Gasteiger partial charge in [-0.05, 0) is 31.7 Å². The van der Waals surface area contributed by atoms with Crippen molar-refractivity contribution in [3.63, 3.8) is 0 Å². The molecular weight excluding hydrogens is 238 g/mol. The van der Waals surface area contributed by atoms with Crippen LogP contribution in [0.4, 0.5) is 0 Å². The Morgan fingerprint density at radius 3 is 2.68 bits per heavy atom. The summed E-state index contributed by atoms with van der Waals surface area (Å²) >= 11 is 0. The summed E-state index contributed by atoms with van der Waals surface area (Å²) in [5.41, 5.74) is 1.93. The summed E-state index contributed by atoms with van der Waals surface area (Å²) in [7, 11) is 0. The minimum atomic E-state index is -0.366. The van der Waals surface area contributed by atoms with Crippen LogP contribution in [0.5, 0.6) is 0 Å². The normalized spacial score (nSPS) is 18.5. The van der Waals surface area contributed by atoms with Gasteiger partial charge in [0.2, 0.25) is 5.91 Å². The van der Waals surface area contributed by atoms with E-state index in [0.717, 1.165) is 31.2 Å². The molecule has 1 aromatic rings. The lowest BCUT2D eigenvalue weighted by atomic mass is 9.63. The summed E-state index contributed by atoms with van der Waals surface area (Å²) in [4.78, 5) is 12.6. The lowest BCUT2D eigenvalue weighted by molar-refractivity contribution is -0.131. The summed E-state index contributed by atoms with van der Waals surface area (Å²) in [6, 6.07) is 8.09. The second-order valence-electron chi connectivity index (χ2n) is 5.57. The van der Waals surface area contributed by atoms with Crippen molar-refractivity contribution >= 4 is 5.91 Å². The van der Waals surface area contributed by atoms with E-state index in [0.29, 0.717) is 0 Å². The molecule has 1 aliphatic rings. The van der Waals surface area contributed by atoms with Gasteiger partial charge in [0.25, 0.3) is 0 Å². The van der Waals surface area contributed by atoms with E-state index in [-0.39, 0.29) is 24.0 Å². The van der Waals surface area contributed by atoms with Crippen molar-refractivity contribution < 1.29 is 9.90 Å². The Labute approximate surface area is 115 Å². The maximum Gasteiger partial charge on any atom is 0.230 e. The fraction of sp³-hybridized carbons (Fsp3) is 0.562. The molecule has 1 atom stereocenters. The van der Waals surface area contributed by atoms with Gasteiger partial charge in [-0.3, -0.25) is 4.79 Å². The van der Waals surface area contributed by atoms with E-state index >= 15 is 0 Å². The summed E-state index contributed by atoms with van der Waals surface area (Å²) in [5.74, 6) is 0.0743. The van der Waals surface area contributed by atoms with Gasteiger partial charge < -0.3 is 10.4 Å². The van der Waals surface area contributed by atoms with Crippen molar-refractivity contribution in [3.8, 4) is 0 Å². The number of nitrogens with one attached hydrogen (secondary N) is 1. The Morgan fingerprint density at radius 2 is 2.21 bits per heavy atom. The molecular formula is C16H23NO2. The van der Waals surface area contributed by atoms with Crippen LogP contribution in [0.15, 0.2) is 24.3 Å². The van der Waals surface area contributed by atoms with Gasteiger partial charge in [0, 0.05) is 0 Å². The molecule has 0 bridgehead atoms. The number of hydrogen-bond donors (Lipinski definition) is 2. The van der Waals surface area contributed by atoms with Crippen molar-refractivity contribution in [2.75, 3.05) is 6.61 Å². The molecule has 1 aliphatic carbocycles. The van der Waals surface area contributed by atoms with Crippen LogP contribution in [0.25, 0.3) is 0 Å². The molecule has 2 rings (SSSR count). The first-order valence-corrected chi connectivity index (χ1v) is 7.11. The number of aryl methyl sites for hydroxylation is 1. The second kappa shape index (κ2) is 5.74. The molecule has 0 heterocycles. The number of amides is 1. The maximum atomic E-state index is 12.6. The predicted octanol–water partition coefficient (Wildman–Crippen LogP) is 2.30. The molecule has 0 radical (unpaired) electrons. The molecule has 0 aromatic heterocycles. The zero-order chi connectivity index (χ0) is 13.9. The van der Waals surface area contributed by atoms with E-state index in [9.17, 15) is 9.90 Å². The first kappa shape index (κ1) is 14.1. The largest absolute Gasteiger partial charge is 0.394 e. The third kappa shape index (κ3) is 2.66. The molecule has 19 heavy (non-hydrogen) atoms.